The maximum Gasteiger partial charge on any atom is 0.261 e. The van der Waals surface area contributed by atoms with Crippen molar-refractivity contribution >= 4 is 15.7 Å². The lowest BCUT2D eigenvalue weighted by Crippen LogP contribution is -2.12. The first-order chi connectivity index (χ1) is 11.5. The average molecular weight is 342 g/mol. The Morgan fingerprint density at radius 2 is 1.71 bits per heavy atom. The molecule has 1 N–H and O–H groups in total. The van der Waals surface area contributed by atoms with Crippen molar-refractivity contribution in [2.24, 2.45) is 0 Å². The molecule has 0 aliphatic rings. The number of anilines is 1. The van der Waals surface area contributed by atoms with Gasteiger partial charge in [-0.05, 0) is 49.7 Å². The van der Waals surface area contributed by atoms with E-state index < -0.39 is 10.0 Å². The van der Waals surface area contributed by atoms with Gasteiger partial charge in [0.25, 0.3) is 10.0 Å². The van der Waals surface area contributed by atoms with E-state index in [1.165, 1.54) is 0 Å². The lowest BCUT2D eigenvalue weighted by molar-refractivity contribution is 0.601. The quantitative estimate of drug-likeness (QED) is 0.773. The van der Waals surface area contributed by atoms with Gasteiger partial charge < -0.3 is 0 Å². The van der Waals surface area contributed by atoms with E-state index in [0.717, 1.165) is 23.4 Å². The van der Waals surface area contributed by atoms with Crippen LogP contribution in [0, 0.1) is 6.92 Å². The number of nitrogens with zero attached hydrogens (tertiary/aromatic N) is 3. The summed E-state index contributed by atoms with van der Waals surface area (Å²) in [5.74, 6) is 0. The summed E-state index contributed by atoms with van der Waals surface area (Å²) in [5, 5.41) is 8.09. The van der Waals surface area contributed by atoms with Crippen molar-refractivity contribution in [3.63, 3.8) is 0 Å². The summed E-state index contributed by atoms with van der Waals surface area (Å²) in [4.78, 5) is 0.237. The highest BCUT2D eigenvalue weighted by Gasteiger charge is 2.13. The topological polar surface area (TPSA) is 76.9 Å². The van der Waals surface area contributed by atoms with Gasteiger partial charge in [0.1, 0.15) is 0 Å². The molecule has 0 radical (unpaired) electrons. The Labute approximate surface area is 141 Å². The number of hydrogen-bond acceptors (Lipinski definition) is 4. The molecular weight excluding hydrogens is 324 g/mol. The monoisotopic (exact) mass is 342 g/mol. The van der Waals surface area contributed by atoms with Crippen LogP contribution in [0.4, 0.5) is 5.69 Å². The van der Waals surface area contributed by atoms with Crippen LogP contribution in [0.5, 0.6) is 0 Å². The van der Waals surface area contributed by atoms with Gasteiger partial charge in [0.2, 0.25) is 0 Å². The molecule has 0 unspecified atom stereocenters. The van der Waals surface area contributed by atoms with Crippen LogP contribution < -0.4 is 4.72 Å². The van der Waals surface area contributed by atoms with Crippen LogP contribution in [0.3, 0.4) is 0 Å². The van der Waals surface area contributed by atoms with Gasteiger partial charge in [0.05, 0.1) is 22.5 Å². The minimum Gasteiger partial charge on any atom is -0.280 e. The Morgan fingerprint density at radius 1 is 1.04 bits per heavy atom. The third kappa shape index (κ3) is 3.46. The van der Waals surface area contributed by atoms with E-state index in [-0.39, 0.29) is 4.90 Å². The number of aryl methyl sites for hydroxylation is 2. The Morgan fingerprint density at radius 3 is 2.29 bits per heavy atom. The molecule has 0 atom stereocenters. The first-order valence-corrected chi connectivity index (χ1v) is 9.07. The van der Waals surface area contributed by atoms with Crippen LogP contribution in [0.15, 0.2) is 59.6 Å². The number of nitrogens with one attached hydrogen (secondary N) is 1. The highest BCUT2D eigenvalue weighted by molar-refractivity contribution is 7.92. The molecule has 0 saturated carbocycles. The predicted molar refractivity (Wildman–Crippen MR) is 92.7 cm³/mol. The second kappa shape index (κ2) is 6.45. The fourth-order valence-electron chi connectivity index (χ4n) is 2.20. The smallest absolute Gasteiger partial charge is 0.261 e. The summed E-state index contributed by atoms with van der Waals surface area (Å²) in [7, 11) is -3.59. The van der Waals surface area contributed by atoms with E-state index in [4.69, 9.17) is 0 Å². The Hall–Kier alpha value is -2.67. The van der Waals surface area contributed by atoms with Gasteiger partial charge in [0.15, 0.2) is 0 Å². The SMILES string of the molecule is CCc1cn(-c2ccc(NS(=O)(=O)c3ccc(C)cc3)cc2)nn1. The molecule has 1 aromatic heterocycles. The minimum absolute atomic E-state index is 0.237. The molecule has 0 fully saturated rings. The highest BCUT2D eigenvalue weighted by Crippen LogP contribution is 2.18. The van der Waals surface area contributed by atoms with Gasteiger partial charge in [-0.15, -0.1) is 5.10 Å². The number of rotatable bonds is 5. The van der Waals surface area contributed by atoms with E-state index in [0.29, 0.717) is 5.69 Å². The van der Waals surface area contributed by atoms with Crippen LogP contribution in [0.1, 0.15) is 18.2 Å². The van der Waals surface area contributed by atoms with Crippen LogP contribution >= 0.6 is 0 Å². The highest BCUT2D eigenvalue weighted by atomic mass is 32.2. The molecule has 0 aliphatic heterocycles. The zero-order valence-electron chi connectivity index (χ0n) is 13.5. The van der Waals surface area contributed by atoms with Gasteiger partial charge in [-0.2, -0.15) is 0 Å². The molecule has 0 aliphatic carbocycles. The molecule has 0 bridgehead atoms. The molecule has 6 nitrogen and oxygen atoms in total. The van der Waals surface area contributed by atoms with Gasteiger partial charge in [-0.1, -0.05) is 29.8 Å². The Balaban J connectivity index is 1.79. The molecule has 7 heteroatoms. The van der Waals surface area contributed by atoms with Crippen molar-refractivity contribution in [2.75, 3.05) is 4.72 Å². The molecule has 2 aromatic carbocycles. The van der Waals surface area contributed by atoms with Crippen molar-refractivity contribution in [1.82, 2.24) is 15.0 Å². The standard InChI is InChI=1S/C17H18N4O2S/c1-3-14-12-21(20-18-14)16-8-6-15(7-9-16)19-24(22,23)17-10-4-13(2)5-11-17/h4-12,19H,3H2,1-2H3. The maximum absolute atomic E-state index is 12.4. The van der Waals surface area contributed by atoms with E-state index >= 15 is 0 Å². The van der Waals surface area contributed by atoms with Crippen molar-refractivity contribution in [2.45, 2.75) is 25.2 Å². The van der Waals surface area contributed by atoms with Gasteiger partial charge in [-0.3, -0.25) is 4.72 Å². The third-order valence-corrected chi connectivity index (χ3v) is 5.02. The molecule has 3 aromatic rings. The van der Waals surface area contributed by atoms with Crippen LogP contribution in [0.2, 0.25) is 0 Å². The average Bonchev–Trinajstić information content (AvgIpc) is 3.05. The molecule has 0 spiro atoms. The van der Waals surface area contributed by atoms with Crippen molar-refractivity contribution < 1.29 is 8.42 Å². The summed E-state index contributed by atoms with van der Waals surface area (Å²) in [6.45, 7) is 3.92. The van der Waals surface area contributed by atoms with E-state index in [2.05, 4.69) is 15.0 Å². The second-order valence-electron chi connectivity index (χ2n) is 5.47. The predicted octanol–water partition coefficient (Wildman–Crippen LogP) is 2.94. The fourth-order valence-corrected chi connectivity index (χ4v) is 3.26. The van der Waals surface area contributed by atoms with Crippen molar-refractivity contribution in [3.05, 3.63) is 66.0 Å². The van der Waals surface area contributed by atoms with E-state index in [1.54, 1.807) is 53.2 Å². The van der Waals surface area contributed by atoms with Gasteiger partial charge >= 0.3 is 0 Å². The summed E-state index contributed by atoms with van der Waals surface area (Å²) in [6.07, 6.45) is 2.67. The number of aromatic nitrogens is 3. The third-order valence-electron chi connectivity index (χ3n) is 3.62. The first kappa shape index (κ1) is 16.2. The lowest BCUT2D eigenvalue weighted by Gasteiger charge is -2.09. The molecule has 0 amide bonds. The zero-order valence-corrected chi connectivity index (χ0v) is 14.3. The molecular formula is C17H18N4O2S. The summed E-state index contributed by atoms with van der Waals surface area (Å²) in [5.41, 5.74) is 3.23. The molecule has 3 rings (SSSR count). The van der Waals surface area contributed by atoms with Gasteiger partial charge in [0, 0.05) is 5.69 Å². The second-order valence-corrected chi connectivity index (χ2v) is 7.16. The van der Waals surface area contributed by atoms with Crippen LogP contribution in [-0.2, 0) is 16.4 Å². The van der Waals surface area contributed by atoms with Crippen molar-refractivity contribution in [3.8, 4) is 5.69 Å². The number of benzene rings is 2. The summed E-state index contributed by atoms with van der Waals surface area (Å²) in [6, 6.07) is 13.7. The molecule has 24 heavy (non-hydrogen) atoms. The zero-order chi connectivity index (χ0) is 17.2. The minimum atomic E-state index is -3.59. The van der Waals surface area contributed by atoms with Crippen LogP contribution in [0.25, 0.3) is 5.69 Å². The lowest BCUT2D eigenvalue weighted by atomic mass is 10.2. The summed E-state index contributed by atoms with van der Waals surface area (Å²) >= 11 is 0. The molecule has 1 heterocycles. The number of hydrogen-bond donors (Lipinski definition) is 1. The van der Waals surface area contributed by atoms with Gasteiger partial charge in [-0.25, -0.2) is 13.1 Å². The first-order valence-electron chi connectivity index (χ1n) is 7.59. The Bertz CT molecular complexity index is 929. The van der Waals surface area contributed by atoms with Crippen molar-refractivity contribution in [1.29, 1.82) is 0 Å². The molecule has 124 valence electrons. The largest absolute Gasteiger partial charge is 0.280 e. The fraction of sp³-hybridized carbons (Fsp3) is 0.176. The van der Waals surface area contributed by atoms with Crippen LogP contribution in [-0.4, -0.2) is 23.4 Å². The maximum atomic E-state index is 12.4. The van der Waals surface area contributed by atoms with E-state index in [1.807, 2.05) is 20.0 Å². The van der Waals surface area contributed by atoms with E-state index in [9.17, 15) is 8.42 Å². The normalized spacial score (nSPS) is 11.4. The molecule has 0 saturated heterocycles. The summed E-state index contributed by atoms with van der Waals surface area (Å²) < 4.78 is 29.0. The Kier molecular flexibility index (Phi) is 4.35. The number of sulfonamides is 1.